The van der Waals surface area contributed by atoms with Gasteiger partial charge in [0.1, 0.15) is 11.1 Å². The van der Waals surface area contributed by atoms with E-state index in [-0.39, 0.29) is 0 Å². The van der Waals surface area contributed by atoms with Crippen molar-refractivity contribution in [1.29, 1.82) is 0 Å². The second-order valence-electron chi connectivity index (χ2n) is 4.35. The average molecular weight is 315 g/mol. The van der Waals surface area contributed by atoms with Gasteiger partial charge < -0.3 is 0 Å². The highest BCUT2D eigenvalue weighted by atomic mass is 79.9. The minimum Gasteiger partial charge on any atom is -0.262 e. The predicted molar refractivity (Wildman–Crippen MR) is 70.7 cm³/mol. The number of rotatable bonds is 3. The first kappa shape index (κ1) is 13.2. The van der Waals surface area contributed by atoms with Crippen LogP contribution in [-0.4, -0.2) is 15.7 Å². The number of aromatic nitrogens is 2. The molecule has 0 bridgehead atoms. The summed E-state index contributed by atoms with van der Waals surface area (Å²) in [7, 11) is 0. The molecule has 0 saturated carbocycles. The molecule has 1 aromatic heterocycles. The lowest BCUT2D eigenvalue weighted by Crippen LogP contribution is -2.21. The number of alkyl halides is 2. The lowest BCUT2D eigenvalue weighted by molar-refractivity contribution is -0.0000448. The molecule has 0 unspecified atom stereocenters. The molecule has 1 aromatic carbocycles. The van der Waals surface area contributed by atoms with Crippen LogP contribution in [-0.2, 0) is 6.54 Å². The van der Waals surface area contributed by atoms with Gasteiger partial charge in [-0.2, -0.15) is 5.10 Å². The Kier molecular flexibility index (Phi) is 3.52. The maximum Gasteiger partial charge on any atom is 0.264 e. The van der Waals surface area contributed by atoms with E-state index in [1.165, 1.54) is 4.68 Å². The summed E-state index contributed by atoms with van der Waals surface area (Å²) >= 11 is 3.34. The highest BCUT2D eigenvalue weighted by molar-refractivity contribution is 9.10. The maximum atomic E-state index is 13.1. The highest BCUT2D eigenvalue weighted by Crippen LogP contribution is 2.31. The maximum absolute atomic E-state index is 13.1. The van der Waals surface area contributed by atoms with Crippen LogP contribution in [0.5, 0.6) is 0 Å². The van der Waals surface area contributed by atoms with E-state index in [1.807, 2.05) is 30.3 Å². The van der Waals surface area contributed by atoms with Gasteiger partial charge in [0, 0.05) is 18.2 Å². The number of benzene rings is 1. The molecule has 1 heterocycles. The minimum atomic E-state index is -2.77. The lowest BCUT2D eigenvalue weighted by atomic mass is 10.1. The summed E-state index contributed by atoms with van der Waals surface area (Å²) in [5.41, 5.74) is 2.56. The highest BCUT2D eigenvalue weighted by Gasteiger charge is 2.25. The standard InChI is InChI=1S/C13H13BrF2N2/c1-9-11(10-6-4-3-5-7-10)12(14)17-18(9)8-13(2,15)16/h3-7H,8H2,1-2H3. The first-order valence-corrected chi connectivity index (χ1v) is 6.34. The van der Waals surface area contributed by atoms with Crippen molar-refractivity contribution in [3.05, 3.63) is 40.6 Å². The van der Waals surface area contributed by atoms with Crippen molar-refractivity contribution in [2.24, 2.45) is 0 Å². The topological polar surface area (TPSA) is 17.8 Å². The molecule has 0 aliphatic rings. The molecule has 0 aliphatic carbocycles. The molecule has 0 amide bonds. The zero-order valence-corrected chi connectivity index (χ0v) is 11.7. The van der Waals surface area contributed by atoms with E-state index >= 15 is 0 Å². The molecule has 18 heavy (non-hydrogen) atoms. The Morgan fingerprint density at radius 2 is 1.89 bits per heavy atom. The summed E-state index contributed by atoms with van der Waals surface area (Å²) in [4.78, 5) is 0. The van der Waals surface area contributed by atoms with Gasteiger partial charge in [-0.25, -0.2) is 8.78 Å². The van der Waals surface area contributed by atoms with Crippen molar-refractivity contribution in [1.82, 2.24) is 9.78 Å². The summed E-state index contributed by atoms with van der Waals surface area (Å²) in [6.07, 6.45) is 0. The molecule has 2 aromatic rings. The fraction of sp³-hybridized carbons (Fsp3) is 0.308. The van der Waals surface area contributed by atoms with Crippen LogP contribution in [0.4, 0.5) is 8.78 Å². The molecule has 0 N–H and O–H groups in total. The van der Waals surface area contributed by atoms with Crippen molar-refractivity contribution in [2.75, 3.05) is 0 Å². The Balaban J connectivity index is 2.45. The number of halogens is 3. The zero-order valence-electron chi connectivity index (χ0n) is 10.1. The van der Waals surface area contributed by atoms with E-state index in [1.54, 1.807) is 6.92 Å². The fourth-order valence-electron chi connectivity index (χ4n) is 1.86. The number of hydrogen-bond donors (Lipinski definition) is 0. The van der Waals surface area contributed by atoms with Crippen molar-refractivity contribution in [2.45, 2.75) is 26.3 Å². The van der Waals surface area contributed by atoms with Crippen molar-refractivity contribution >= 4 is 15.9 Å². The molecule has 0 fully saturated rings. The Morgan fingerprint density at radius 1 is 1.28 bits per heavy atom. The smallest absolute Gasteiger partial charge is 0.262 e. The van der Waals surface area contributed by atoms with E-state index in [0.29, 0.717) is 4.60 Å². The Bertz CT molecular complexity index is 544. The first-order valence-electron chi connectivity index (χ1n) is 5.54. The first-order chi connectivity index (χ1) is 8.38. The third-order valence-electron chi connectivity index (χ3n) is 2.65. The number of hydrogen-bond acceptors (Lipinski definition) is 1. The van der Waals surface area contributed by atoms with Gasteiger partial charge in [0.15, 0.2) is 0 Å². The molecule has 2 nitrogen and oxygen atoms in total. The van der Waals surface area contributed by atoms with Gasteiger partial charge in [0.2, 0.25) is 0 Å². The van der Waals surface area contributed by atoms with Gasteiger partial charge in [-0.05, 0) is 28.4 Å². The number of nitrogens with zero attached hydrogens (tertiary/aromatic N) is 2. The van der Waals surface area contributed by atoms with Gasteiger partial charge in [0.25, 0.3) is 5.92 Å². The molecule has 96 valence electrons. The van der Waals surface area contributed by atoms with Crippen LogP contribution in [0.2, 0.25) is 0 Å². The summed E-state index contributed by atoms with van der Waals surface area (Å²) in [5.74, 6) is -2.77. The van der Waals surface area contributed by atoms with Crippen molar-refractivity contribution in [3.8, 4) is 11.1 Å². The Hall–Kier alpha value is -1.23. The van der Waals surface area contributed by atoms with Crippen molar-refractivity contribution < 1.29 is 8.78 Å². The largest absolute Gasteiger partial charge is 0.264 e. The van der Waals surface area contributed by atoms with Crippen LogP contribution in [0.15, 0.2) is 34.9 Å². The van der Waals surface area contributed by atoms with Gasteiger partial charge in [-0.1, -0.05) is 30.3 Å². The van der Waals surface area contributed by atoms with Crippen LogP contribution in [0, 0.1) is 6.92 Å². The van der Waals surface area contributed by atoms with E-state index < -0.39 is 12.5 Å². The van der Waals surface area contributed by atoms with Gasteiger partial charge in [-0.15, -0.1) is 0 Å². The molecule has 2 rings (SSSR count). The monoisotopic (exact) mass is 314 g/mol. The molecule has 0 spiro atoms. The van der Waals surface area contributed by atoms with E-state index in [4.69, 9.17) is 0 Å². The van der Waals surface area contributed by atoms with Gasteiger partial charge in [0.05, 0.1) is 0 Å². The summed E-state index contributed by atoms with van der Waals surface area (Å²) < 4.78 is 28.0. The van der Waals surface area contributed by atoms with E-state index in [9.17, 15) is 8.78 Å². The van der Waals surface area contributed by atoms with Crippen molar-refractivity contribution in [3.63, 3.8) is 0 Å². The third kappa shape index (κ3) is 2.77. The predicted octanol–water partition coefficient (Wildman–Crippen LogP) is 4.28. The van der Waals surface area contributed by atoms with E-state index in [2.05, 4.69) is 21.0 Å². The lowest BCUT2D eigenvalue weighted by Gasteiger charge is -2.11. The van der Waals surface area contributed by atoms with Crippen LogP contribution in [0.3, 0.4) is 0 Å². The minimum absolute atomic E-state index is 0.412. The summed E-state index contributed by atoms with van der Waals surface area (Å²) in [5, 5.41) is 4.13. The molecular formula is C13H13BrF2N2. The van der Waals surface area contributed by atoms with Crippen LogP contribution in [0.1, 0.15) is 12.6 Å². The van der Waals surface area contributed by atoms with Crippen LogP contribution in [0.25, 0.3) is 11.1 Å². The van der Waals surface area contributed by atoms with Gasteiger partial charge in [-0.3, -0.25) is 4.68 Å². The molecular weight excluding hydrogens is 302 g/mol. The van der Waals surface area contributed by atoms with E-state index in [0.717, 1.165) is 23.7 Å². The molecule has 0 radical (unpaired) electrons. The zero-order chi connectivity index (χ0) is 13.3. The van der Waals surface area contributed by atoms with Crippen LogP contribution < -0.4 is 0 Å². The molecule has 0 aliphatic heterocycles. The molecule has 0 saturated heterocycles. The summed E-state index contributed by atoms with van der Waals surface area (Å²) in [6, 6.07) is 9.60. The Labute approximate surface area is 113 Å². The van der Waals surface area contributed by atoms with Gasteiger partial charge >= 0.3 is 0 Å². The second kappa shape index (κ2) is 4.80. The summed E-state index contributed by atoms with van der Waals surface area (Å²) in [6.45, 7) is 2.28. The molecule has 5 heteroatoms. The SMILES string of the molecule is Cc1c(-c2ccccc2)c(Br)nn1CC(C)(F)F. The Morgan fingerprint density at radius 3 is 2.44 bits per heavy atom. The third-order valence-corrected chi connectivity index (χ3v) is 3.21. The molecule has 0 atom stereocenters. The average Bonchev–Trinajstić information content (AvgIpc) is 2.53. The second-order valence-corrected chi connectivity index (χ2v) is 5.10. The quantitative estimate of drug-likeness (QED) is 0.827. The normalized spacial score (nSPS) is 11.8. The fourth-order valence-corrected chi connectivity index (χ4v) is 2.57. The van der Waals surface area contributed by atoms with Crippen LogP contribution >= 0.6 is 15.9 Å².